The number of carbonyl (C=O) groups is 2. The minimum atomic E-state index is -3.29. The van der Waals surface area contributed by atoms with Crippen LogP contribution < -0.4 is 0 Å². The summed E-state index contributed by atoms with van der Waals surface area (Å²) in [6, 6.07) is 7.31. The van der Waals surface area contributed by atoms with Gasteiger partial charge in [-0.05, 0) is 74.5 Å². The van der Waals surface area contributed by atoms with Crippen LogP contribution in [-0.2, 0) is 25.8 Å². The van der Waals surface area contributed by atoms with Crippen molar-refractivity contribution >= 4 is 21.4 Å². The van der Waals surface area contributed by atoms with Gasteiger partial charge in [0.05, 0.1) is 22.3 Å². The number of hydrogen-bond donors (Lipinski definition) is 0. The molecule has 170 valence electrons. The van der Waals surface area contributed by atoms with Gasteiger partial charge < -0.3 is 4.52 Å². The Kier molecular flexibility index (Phi) is 5.56. The molecule has 3 aliphatic carbocycles. The maximum Gasteiger partial charge on any atom is 0.181 e. The molecular formula is C25H29NO5S. The number of ketones is 2. The largest absolute Gasteiger partial charge is 0.361 e. The molecule has 3 aliphatic rings. The zero-order chi connectivity index (χ0) is 22.5. The van der Waals surface area contributed by atoms with Crippen molar-refractivity contribution in [2.45, 2.75) is 86.7 Å². The van der Waals surface area contributed by atoms with Crippen LogP contribution in [0, 0.1) is 12.8 Å². The van der Waals surface area contributed by atoms with Crippen molar-refractivity contribution in [1.29, 1.82) is 0 Å². The van der Waals surface area contributed by atoms with E-state index in [1.807, 2.05) is 12.1 Å². The average molecular weight is 456 g/mol. The summed E-state index contributed by atoms with van der Waals surface area (Å²) >= 11 is 0. The molecule has 2 aromatic rings. The second-order valence-electron chi connectivity index (χ2n) is 9.82. The van der Waals surface area contributed by atoms with Gasteiger partial charge in [-0.2, -0.15) is 0 Å². The minimum Gasteiger partial charge on any atom is -0.361 e. The van der Waals surface area contributed by atoms with Gasteiger partial charge in [-0.3, -0.25) is 9.59 Å². The molecule has 1 heterocycles. The highest BCUT2D eigenvalue weighted by molar-refractivity contribution is 7.92. The van der Waals surface area contributed by atoms with Crippen LogP contribution in [0.2, 0.25) is 0 Å². The lowest BCUT2D eigenvalue weighted by Gasteiger charge is -2.21. The summed E-state index contributed by atoms with van der Waals surface area (Å²) in [7, 11) is -3.29. The molecule has 0 unspecified atom stereocenters. The lowest BCUT2D eigenvalue weighted by Crippen LogP contribution is -2.19. The third-order valence-electron chi connectivity index (χ3n) is 7.06. The number of benzene rings is 1. The third kappa shape index (κ3) is 4.45. The second-order valence-corrected chi connectivity index (χ2v) is 12.0. The van der Waals surface area contributed by atoms with E-state index in [9.17, 15) is 18.0 Å². The van der Waals surface area contributed by atoms with E-state index in [1.54, 1.807) is 19.1 Å². The normalized spacial score (nSPS) is 22.3. The Morgan fingerprint density at radius 2 is 1.94 bits per heavy atom. The SMILES string of the molecule is Cc1cc(CC(=O)[C@H](C[C@H]2CCC(=O)C2)c2ccc(S(=O)(=O)C3CC3)c(C3CC3)c2)no1. The van der Waals surface area contributed by atoms with Gasteiger partial charge in [-0.15, -0.1) is 0 Å². The van der Waals surface area contributed by atoms with Gasteiger partial charge in [0.25, 0.3) is 0 Å². The van der Waals surface area contributed by atoms with E-state index in [-0.39, 0.29) is 41.0 Å². The van der Waals surface area contributed by atoms with Crippen molar-refractivity contribution in [2.24, 2.45) is 5.92 Å². The molecule has 0 amide bonds. The number of carbonyl (C=O) groups excluding carboxylic acids is 2. The lowest BCUT2D eigenvalue weighted by molar-refractivity contribution is -0.121. The molecule has 32 heavy (non-hydrogen) atoms. The molecule has 3 saturated carbocycles. The Hall–Kier alpha value is -2.28. The molecule has 0 N–H and O–H groups in total. The van der Waals surface area contributed by atoms with Crippen LogP contribution in [0.3, 0.4) is 0 Å². The van der Waals surface area contributed by atoms with Crippen molar-refractivity contribution in [3.8, 4) is 0 Å². The van der Waals surface area contributed by atoms with Gasteiger partial charge in [0.2, 0.25) is 0 Å². The van der Waals surface area contributed by atoms with Gasteiger partial charge in [0, 0.05) is 24.8 Å². The Bertz CT molecular complexity index is 1160. The van der Waals surface area contributed by atoms with Gasteiger partial charge in [0.1, 0.15) is 17.3 Å². The van der Waals surface area contributed by atoms with E-state index in [1.165, 1.54) is 0 Å². The van der Waals surface area contributed by atoms with Gasteiger partial charge in [0.15, 0.2) is 9.84 Å². The molecule has 1 aromatic heterocycles. The Morgan fingerprint density at radius 1 is 1.16 bits per heavy atom. The number of aryl methyl sites for hydroxylation is 1. The summed E-state index contributed by atoms with van der Waals surface area (Å²) < 4.78 is 31.1. The van der Waals surface area contributed by atoms with Crippen molar-refractivity contribution in [1.82, 2.24) is 5.16 Å². The van der Waals surface area contributed by atoms with Crippen molar-refractivity contribution in [2.75, 3.05) is 0 Å². The lowest BCUT2D eigenvalue weighted by atomic mass is 9.83. The third-order valence-corrected chi connectivity index (χ3v) is 9.39. The Morgan fingerprint density at radius 3 is 2.53 bits per heavy atom. The summed E-state index contributed by atoms with van der Waals surface area (Å²) in [6.07, 6.45) is 6.16. The number of sulfone groups is 1. The average Bonchev–Trinajstić information content (AvgIpc) is 3.68. The molecule has 0 spiro atoms. The Balaban J connectivity index is 1.47. The number of hydrogen-bond acceptors (Lipinski definition) is 6. The second kappa shape index (κ2) is 8.25. The standard InChI is InChI=1S/C25H29NO5S/c1-15-10-19(26-31-15)14-24(28)22(12-16-2-6-20(27)11-16)18-5-9-25(23(13-18)17-3-4-17)32(29,30)21-7-8-21/h5,9-10,13,16-17,21-22H,2-4,6-8,11-12,14H2,1H3/t16-,22+/m0/s1. The molecule has 0 aliphatic heterocycles. The van der Waals surface area contributed by atoms with Crippen LogP contribution in [0.15, 0.2) is 33.7 Å². The zero-order valence-electron chi connectivity index (χ0n) is 18.4. The summed E-state index contributed by atoms with van der Waals surface area (Å²) in [5.74, 6) is 1.04. The van der Waals surface area contributed by atoms with Gasteiger partial charge in [-0.1, -0.05) is 17.3 Å². The zero-order valence-corrected chi connectivity index (χ0v) is 19.2. The molecule has 6 nitrogen and oxygen atoms in total. The van der Waals surface area contributed by atoms with Crippen LogP contribution in [0.25, 0.3) is 0 Å². The molecular weight excluding hydrogens is 426 g/mol. The summed E-state index contributed by atoms with van der Waals surface area (Å²) in [5, 5.41) is 3.73. The molecule has 2 atom stereocenters. The fraction of sp³-hybridized carbons (Fsp3) is 0.560. The van der Waals surface area contributed by atoms with E-state index >= 15 is 0 Å². The first-order valence-electron chi connectivity index (χ1n) is 11.7. The first-order valence-corrected chi connectivity index (χ1v) is 13.2. The molecule has 1 aromatic carbocycles. The molecule has 7 heteroatoms. The van der Waals surface area contributed by atoms with Crippen LogP contribution in [-0.4, -0.2) is 30.4 Å². The van der Waals surface area contributed by atoms with E-state index < -0.39 is 9.84 Å². The van der Waals surface area contributed by atoms with E-state index in [2.05, 4.69) is 5.16 Å². The van der Waals surface area contributed by atoms with E-state index in [0.717, 1.165) is 43.2 Å². The Labute approximate surface area is 188 Å². The molecule has 0 radical (unpaired) electrons. The van der Waals surface area contributed by atoms with Crippen molar-refractivity contribution in [3.05, 3.63) is 46.8 Å². The minimum absolute atomic E-state index is 0.0391. The number of rotatable bonds is 9. The predicted molar refractivity (Wildman–Crippen MR) is 118 cm³/mol. The summed E-state index contributed by atoms with van der Waals surface area (Å²) in [4.78, 5) is 25.7. The smallest absolute Gasteiger partial charge is 0.181 e. The number of Topliss-reactive ketones (excluding diaryl/α,β-unsaturated/α-hetero) is 2. The fourth-order valence-electron chi connectivity index (χ4n) is 5.00. The highest BCUT2D eigenvalue weighted by Crippen LogP contribution is 2.47. The highest BCUT2D eigenvalue weighted by atomic mass is 32.2. The summed E-state index contributed by atoms with van der Waals surface area (Å²) in [5.41, 5.74) is 2.36. The predicted octanol–water partition coefficient (Wildman–Crippen LogP) is 4.45. The van der Waals surface area contributed by atoms with Crippen molar-refractivity contribution < 1.29 is 22.5 Å². The van der Waals surface area contributed by atoms with Gasteiger partial charge >= 0.3 is 0 Å². The first kappa shape index (κ1) is 21.6. The van der Waals surface area contributed by atoms with Gasteiger partial charge in [-0.25, -0.2) is 8.42 Å². The molecule has 0 bridgehead atoms. The topological polar surface area (TPSA) is 94.3 Å². The molecule has 3 fully saturated rings. The number of aromatic nitrogens is 1. The van der Waals surface area contributed by atoms with Crippen molar-refractivity contribution in [3.63, 3.8) is 0 Å². The molecule has 0 saturated heterocycles. The maximum atomic E-state index is 13.4. The molecule has 5 rings (SSSR count). The monoisotopic (exact) mass is 455 g/mol. The highest BCUT2D eigenvalue weighted by Gasteiger charge is 2.41. The van der Waals surface area contributed by atoms with Crippen LogP contribution in [0.1, 0.15) is 85.8 Å². The summed E-state index contributed by atoms with van der Waals surface area (Å²) in [6.45, 7) is 1.80. The van der Waals surface area contributed by atoms with Crippen LogP contribution in [0.4, 0.5) is 0 Å². The van der Waals surface area contributed by atoms with Crippen LogP contribution >= 0.6 is 0 Å². The quantitative estimate of drug-likeness (QED) is 0.554. The van der Waals surface area contributed by atoms with E-state index in [0.29, 0.717) is 35.6 Å². The van der Waals surface area contributed by atoms with Crippen LogP contribution in [0.5, 0.6) is 0 Å². The first-order chi connectivity index (χ1) is 15.3. The number of nitrogens with zero attached hydrogens (tertiary/aromatic N) is 1. The fourth-order valence-corrected chi connectivity index (χ4v) is 6.92. The van der Waals surface area contributed by atoms with E-state index in [4.69, 9.17) is 4.52 Å². The maximum absolute atomic E-state index is 13.4.